The third-order valence-electron chi connectivity index (χ3n) is 1.50. The third kappa shape index (κ3) is 1.87. The fourth-order valence-electron chi connectivity index (χ4n) is 0.838. The van der Waals surface area contributed by atoms with Crippen molar-refractivity contribution in [3.63, 3.8) is 0 Å². The zero-order valence-corrected chi connectivity index (χ0v) is 9.62. The van der Waals surface area contributed by atoms with E-state index >= 15 is 0 Å². The van der Waals surface area contributed by atoms with E-state index < -0.39 is 0 Å². The van der Waals surface area contributed by atoms with E-state index in [0.29, 0.717) is 0 Å². The van der Waals surface area contributed by atoms with E-state index in [9.17, 15) is 4.79 Å². The molecule has 0 spiro atoms. The summed E-state index contributed by atoms with van der Waals surface area (Å²) in [6, 6.07) is 1.90. The summed E-state index contributed by atoms with van der Waals surface area (Å²) >= 11 is 4.89. The number of carbonyl (C=O) groups is 1. The van der Waals surface area contributed by atoms with E-state index in [1.165, 1.54) is 11.3 Å². The van der Waals surface area contributed by atoms with Crippen LogP contribution in [0.5, 0.6) is 0 Å². The lowest BCUT2D eigenvalue weighted by Gasteiger charge is -2.09. The molecule has 0 aliphatic carbocycles. The molecule has 4 heteroatoms. The Kier molecular flexibility index (Phi) is 2.90. The molecule has 0 aromatic carbocycles. The lowest BCUT2D eigenvalue weighted by Crippen LogP contribution is -2.07. The number of hydrogen-bond acceptors (Lipinski definition) is 3. The summed E-state index contributed by atoms with van der Waals surface area (Å²) in [6.45, 7) is 1.58. The maximum atomic E-state index is 11.0. The third-order valence-corrected chi connectivity index (χ3v) is 3.40. The zero-order valence-electron chi connectivity index (χ0n) is 7.22. The van der Waals surface area contributed by atoms with Crippen LogP contribution in [-0.4, -0.2) is 19.9 Å². The second-order valence-electron chi connectivity index (χ2n) is 2.72. The molecule has 0 unspecified atom stereocenters. The number of nitrogens with zero attached hydrogens (tertiary/aromatic N) is 1. The van der Waals surface area contributed by atoms with Crippen LogP contribution in [0.3, 0.4) is 0 Å². The van der Waals surface area contributed by atoms with Gasteiger partial charge in [-0.05, 0) is 28.9 Å². The SMILES string of the molecule is CC(=O)c1cc(N(C)C)c(Br)s1. The quantitative estimate of drug-likeness (QED) is 0.750. The first-order chi connectivity index (χ1) is 5.52. The Balaban J connectivity index is 3.09. The highest BCUT2D eigenvalue weighted by Gasteiger charge is 2.10. The van der Waals surface area contributed by atoms with Gasteiger partial charge in [-0.25, -0.2) is 0 Å². The van der Waals surface area contributed by atoms with Crippen LogP contribution in [0, 0.1) is 0 Å². The van der Waals surface area contributed by atoms with E-state index in [-0.39, 0.29) is 5.78 Å². The van der Waals surface area contributed by atoms with Crippen LogP contribution in [0.1, 0.15) is 16.6 Å². The predicted octanol–water partition coefficient (Wildman–Crippen LogP) is 2.78. The van der Waals surface area contributed by atoms with Crippen LogP contribution >= 0.6 is 27.3 Å². The minimum atomic E-state index is 0.119. The summed E-state index contributed by atoms with van der Waals surface area (Å²) in [4.78, 5) is 13.8. The number of carbonyl (C=O) groups excluding carboxylic acids is 1. The molecule has 0 saturated carbocycles. The number of halogens is 1. The Morgan fingerprint density at radius 2 is 2.17 bits per heavy atom. The molecule has 0 aliphatic rings. The van der Waals surface area contributed by atoms with E-state index in [1.807, 2.05) is 25.1 Å². The van der Waals surface area contributed by atoms with Crippen LogP contribution < -0.4 is 4.90 Å². The molecule has 1 rings (SSSR count). The van der Waals surface area contributed by atoms with E-state index in [0.717, 1.165) is 14.4 Å². The summed E-state index contributed by atoms with van der Waals surface area (Å²) in [5, 5.41) is 0. The molecule has 0 amide bonds. The van der Waals surface area contributed by atoms with Gasteiger partial charge in [-0.15, -0.1) is 11.3 Å². The molecule has 1 aromatic rings. The summed E-state index contributed by atoms with van der Waals surface area (Å²) < 4.78 is 1.01. The maximum Gasteiger partial charge on any atom is 0.169 e. The molecule has 0 atom stereocenters. The van der Waals surface area contributed by atoms with Crippen molar-refractivity contribution in [1.29, 1.82) is 0 Å². The van der Waals surface area contributed by atoms with Gasteiger partial charge in [0.15, 0.2) is 5.78 Å². The molecule has 0 saturated heterocycles. The number of hydrogen-bond donors (Lipinski definition) is 0. The lowest BCUT2D eigenvalue weighted by molar-refractivity contribution is 0.102. The summed E-state index contributed by atoms with van der Waals surface area (Å²) in [5.74, 6) is 0.119. The Labute approximate surface area is 84.3 Å². The largest absolute Gasteiger partial charge is 0.376 e. The molecule has 12 heavy (non-hydrogen) atoms. The second-order valence-corrected chi connectivity index (χ2v) is 5.09. The number of anilines is 1. The van der Waals surface area contributed by atoms with Gasteiger partial charge in [0.05, 0.1) is 14.4 Å². The molecule has 0 radical (unpaired) electrons. The Bertz CT molecular complexity index is 306. The van der Waals surface area contributed by atoms with Crippen LogP contribution in [0.4, 0.5) is 5.69 Å². The molecule has 2 nitrogen and oxygen atoms in total. The maximum absolute atomic E-state index is 11.0. The molecule has 1 aromatic heterocycles. The summed E-state index contributed by atoms with van der Waals surface area (Å²) in [7, 11) is 3.91. The first-order valence-electron chi connectivity index (χ1n) is 3.50. The molecule has 0 bridgehead atoms. The Morgan fingerprint density at radius 1 is 1.58 bits per heavy atom. The van der Waals surface area contributed by atoms with E-state index in [4.69, 9.17) is 0 Å². The van der Waals surface area contributed by atoms with Gasteiger partial charge in [-0.1, -0.05) is 0 Å². The van der Waals surface area contributed by atoms with Crippen LogP contribution in [-0.2, 0) is 0 Å². The van der Waals surface area contributed by atoms with Crippen molar-refractivity contribution in [2.24, 2.45) is 0 Å². The van der Waals surface area contributed by atoms with Gasteiger partial charge in [0, 0.05) is 14.1 Å². The van der Waals surface area contributed by atoms with Crippen molar-refractivity contribution >= 4 is 38.7 Å². The minimum absolute atomic E-state index is 0.119. The van der Waals surface area contributed by atoms with Crippen molar-refractivity contribution in [3.8, 4) is 0 Å². The zero-order chi connectivity index (χ0) is 9.30. The standard InChI is InChI=1S/C8H10BrNOS/c1-5(11)7-4-6(10(2)3)8(9)12-7/h4H,1-3H3. The number of ketones is 1. The van der Waals surface area contributed by atoms with Gasteiger partial charge in [-0.3, -0.25) is 4.79 Å². The van der Waals surface area contributed by atoms with Gasteiger partial charge in [0.25, 0.3) is 0 Å². The molecule has 0 N–H and O–H groups in total. The smallest absolute Gasteiger partial charge is 0.169 e. The highest BCUT2D eigenvalue weighted by molar-refractivity contribution is 9.11. The van der Waals surface area contributed by atoms with E-state index in [2.05, 4.69) is 15.9 Å². The van der Waals surface area contributed by atoms with Gasteiger partial charge in [0.2, 0.25) is 0 Å². The minimum Gasteiger partial charge on any atom is -0.376 e. The van der Waals surface area contributed by atoms with Crippen molar-refractivity contribution < 1.29 is 4.79 Å². The Hall–Kier alpha value is -0.350. The average molecular weight is 248 g/mol. The predicted molar refractivity (Wildman–Crippen MR) is 56.4 cm³/mol. The van der Waals surface area contributed by atoms with Crippen molar-refractivity contribution in [2.45, 2.75) is 6.92 Å². The Morgan fingerprint density at radius 3 is 2.42 bits per heavy atom. The van der Waals surface area contributed by atoms with Gasteiger partial charge < -0.3 is 4.90 Å². The highest BCUT2D eigenvalue weighted by Crippen LogP contribution is 2.34. The first kappa shape index (κ1) is 9.74. The summed E-state index contributed by atoms with van der Waals surface area (Å²) in [6.07, 6.45) is 0. The molecule has 66 valence electrons. The molecular weight excluding hydrogens is 238 g/mol. The number of Topliss-reactive ketones (excluding diaryl/α,β-unsaturated/α-hetero) is 1. The normalized spacial score (nSPS) is 10.0. The molecular formula is C8H10BrNOS. The lowest BCUT2D eigenvalue weighted by atomic mass is 10.3. The van der Waals surface area contributed by atoms with Crippen molar-refractivity contribution in [2.75, 3.05) is 19.0 Å². The fraction of sp³-hybridized carbons (Fsp3) is 0.375. The first-order valence-corrected chi connectivity index (χ1v) is 5.11. The van der Waals surface area contributed by atoms with Gasteiger partial charge >= 0.3 is 0 Å². The van der Waals surface area contributed by atoms with Crippen LogP contribution in [0.15, 0.2) is 9.85 Å². The number of thiophene rings is 1. The fourth-order valence-corrected chi connectivity index (χ4v) is 2.68. The second kappa shape index (κ2) is 3.58. The molecule has 1 heterocycles. The highest BCUT2D eigenvalue weighted by atomic mass is 79.9. The van der Waals surface area contributed by atoms with Crippen LogP contribution in [0.25, 0.3) is 0 Å². The topological polar surface area (TPSA) is 20.3 Å². The molecule has 0 aliphatic heterocycles. The monoisotopic (exact) mass is 247 g/mol. The van der Waals surface area contributed by atoms with Gasteiger partial charge in [0.1, 0.15) is 0 Å². The summed E-state index contributed by atoms with van der Waals surface area (Å²) in [5.41, 5.74) is 1.06. The van der Waals surface area contributed by atoms with Crippen molar-refractivity contribution in [3.05, 3.63) is 14.7 Å². The van der Waals surface area contributed by atoms with Gasteiger partial charge in [-0.2, -0.15) is 0 Å². The van der Waals surface area contributed by atoms with Crippen LogP contribution in [0.2, 0.25) is 0 Å². The van der Waals surface area contributed by atoms with E-state index in [1.54, 1.807) is 6.92 Å². The molecule has 0 fully saturated rings. The van der Waals surface area contributed by atoms with Crippen molar-refractivity contribution in [1.82, 2.24) is 0 Å². The number of rotatable bonds is 2. The average Bonchev–Trinajstić information content (AvgIpc) is 2.30.